The molecule has 0 radical (unpaired) electrons. The van der Waals surface area contributed by atoms with E-state index in [0.717, 1.165) is 19.3 Å². The number of hydrogen-bond acceptors (Lipinski definition) is 4. The van der Waals surface area contributed by atoms with Crippen molar-refractivity contribution in [2.45, 2.75) is 43.7 Å². The number of Topliss-reactive ketones (excluding diaryl/α,β-unsaturated/α-hetero) is 1. The molecule has 19 heavy (non-hydrogen) atoms. The molecule has 2 heterocycles. The smallest absolute Gasteiger partial charge is 0.262 e. The number of carbonyl (C=O) groups excluding carboxylic acids is 1. The average Bonchev–Trinajstić information content (AvgIpc) is 2.76. The second-order valence-corrected chi connectivity index (χ2v) is 6.89. The van der Waals surface area contributed by atoms with Crippen molar-refractivity contribution in [2.24, 2.45) is 7.05 Å². The van der Waals surface area contributed by atoms with Gasteiger partial charge in [-0.3, -0.25) is 4.79 Å². The van der Waals surface area contributed by atoms with Crippen LogP contribution in [0.25, 0.3) is 0 Å². The van der Waals surface area contributed by atoms with E-state index in [1.165, 1.54) is 23.8 Å². The molecule has 1 fully saturated rings. The van der Waals surface area contributed by atoms with Crippen molar-refractivity contribution < 1.29 is 13.2 Å². The van der Waals surface area contributed by atoms with Crippen molar-refractivity contribution in [2.75, 3.05) is 6.54 Å². The molecule has 106 valence electrons. The highest BCUT2D eigenvalue weighted by molar-refractivity contribution is 7.89. The molecule has 0 spiro atoms. The standard InChI is InChI=1S/C12H19N3O3S/c1-10(16)7-11-5-3-4-6-15(11)19(17,18)12-8-14(2)9-13-12/h8-9,11H,3-7H2,1-2H3. The summed E-state index contributed by atoms with van der Waals surface area (Å²) in [7, 11) is -1.86. The Morgan fingerprint density at radius 1 is 1.47 bits per heavy atom. The first-order chi connectivity index (χ1) is 8.91. The van der Waals surface area contributed by atoms with Crippen LogP contribution in [0.2, 0.25) is 0 Å². The lowest BCUT2D eigenvalue weighted by molar-refractivity contribution is -0.118. The number of carbonyl (C=O) groups is 1. The highest BCUT2D eigenvalue weighted by Gasteiger charge is 2.35. The highest BCUT2D eigenvalue weighted by atomic mass is 32.2. The Labute approximate surface area is 113 Å². The van der Waals surface area contributed by atoms with E-state index < -0.39 is 10.0 Å². The molecule has 0 bridgehead atoms. The molecule has 2 rings (SSSR count). The molecule has 1 unspecified atom stereocenters. The molecule has 0 aromatic carbocycles. The molecule has 1 aromatic rings. The van der Waals surface area contributed by atoms with Crippen molar-refractivity contribution in [1.29, 1.82) is 0 Å². The minimum Gasteiger partial charge on any atom is -0.339 e. The van der Waals surface area contributed by atoms with Crippen LogP contribution in [0.4, 0.5) is 0 Å². The molecular weight excluding hydrogens is 266 g/mol. The number of rotatable bonds is 4. The SMILES string of the molecule is CC(=O)CC1CCCCN1S(=O)(=O)c1cn(C)cn1. The third-order valence-electron chi connectivity index (χ3n) is 3.35. The number of piperidine rings is 1. The molecule has 0 aliphatic carbocycles. The van der Waals surface area contributed by atoms with E-state index >= 15 is 0 Å². The zero-order chi connectivity index (χ0) is 14.0. The molecule has 1 atom stereocenters. The van der Waals surface area contributed by atoms with Crippen LogP contribution >= 0.6 is 0 Å². The summed E-state index contributed by atoms with van der Waals surface area (Å²) in [6.45, 7) is 1.97. The summed E-state index contributed by atoms with van der Waals surface area (Å²) in [4.78, 5) is 15.2. The van der Waals surface area contributed by atoms with Gasteiger partial charge in [-0.25, -0.2) is 13.4 Å². The minimum absolute atomic E-state index is 0.0214. The van der Waals surface area contributed by atoms with Crippen LogP contribution in [0, 0.1) is 0 Å². The van der Waals surface area contributed by atoms with Crippen LogP contribution in [0.3, 0.4) is 0 Å². The van der Waals surface area contributed by atoms with Gasteiger partial charge in [-0.1, -0.05) is 6.42 Å². The maximum Gasteiger partial charge on any atom is 0.262 e. The van der Waals surface area contributed by atoms with Crippen molar-refractivity contribution in [3.8, 4) is 0 Å². The summed E-state index contributed by atoms with van der Waals surface area (Å²) in [6, 6.07) is -0.224. The van der Waals surface area contributed by atoms with Gasteiger partial charge < -0.3 is 4.57 Å². The first-order valence-corrected chi connectivity index (χ1v) is 7.84. The van der Waals surface area contributed by atoms with Crippen LogP contribution in [-0.4, -0.2) is 40.6 Å². The summed E-state index contributed by atoms with van der Waals surface area (Å²) in [5.74, 6) is 0.0214. The van der Waals surface area contributed by atoms with Crippen LogP contribution in [0.1, 0.15) is 32.6 Å². The quantitative estimate of drug-likeness (QED) is 0.825. The summed E-state index contributed by atoms with van der Waals surface area (Å²) in [5.41, 5.74) is 0. The van der Waals surface area contributed by atoms with Gasteiger partial charge in [-0.2, -0.15) is 4.31 Å². The predicted octanol–water partition coefficient (Wildman–Crippen LogP) is 0.942. The maximum absolute atomic E-state index is 12.5. The number of aryl methyl sites for hydroxylation is 1. The first kappa shape index (κ1) is 14.2. The number of imidazole rings is 1. The van der Waals surface area contributed by atoms with Crippen LogP contribution < -0.4 is 0 Å². The van der Waals surface area contributed by atoms with E-state index in [1.807, 2.05) is 0 Å². The zero-order valence-corrected chi connectivity index (χ0v) is 12.1. The second kappa shape index (κ2) is 5.42. The Hall–Kier alpha value is -1.21. The van der Waals surface area contributed by atoms with Gasteiger partial charge in [0.15, 0.2) is 5.03 Å². The van der Waals surface area contributed by atoms with Gasteiger partial charge in [0.25, 0.3) is 10.0 Å². The van der Waals surface area contributed by atoms with Crippen LogP contribution in [0.5, 0.6) is 0 Å². The lowest BCUT2D eigenvalue weighted by atomic mass is 10.0. The third-order valence-corrected chi connectivity index (χ3v) is 5.19. The van der Waals surface area contributed by atoms with E-state index in [-0.39, 0.29) is 23.3 Å². The topological polar surface area (TPSA) is 72.3 Å². The number of sulfonamides is 1. The van der Waals surface area contributed by atoms with E-state index in [4.69, 9.17) is 0 Å². The van der Waals surface area contributed by atoms with E-state index in [0.29, 0.717) is 6.54 Å². The van der Waals surface area contributed by atoms with Gasteiger partial charge >= 0.3 is 0 Å². The van der Waals surface area contributed by atoms with Crippen molar-refractivity contribution in [3.05, 3.63) is 12.5 Å². The minimum atomic E-state index is -3.59. The maximum atomic E-state index is 12.5. The third kappa shape index (κ3) is 3.03. The Morgan fingerprint density at radius 2 is 2.21 bits per heavy atom. The van der Waals surface area contributed by atoms with E-state index in [2.05, 4.69) is 4.98 Å². The Bertz CT molecular complexity index is 565. The van der Waals surface area contributed by atoms with Crippen LogP contribution in [-0.2, 0) is 21.9 Å². The summed E-state index contributed by atoms with van der Waals surface area (Å²) < 4.78 is 28.1. The molecule has 0 saturated carbocycles. The molecule has 1 aliphatic rings. The fourth-order valence-corrected chi connectivity index (χ4v) is 4.13. The molecule has 1 aromatic heterocycles. The fraction of sp³-hybridized carbons (Fsp3) is 0.667. The first-order valence-electron chi connectivity index (χ1n) is 6.40. The number of hydrogen-bond donors (Lipinski definition) is 0. The summed E-state index contributed by atoms with van der Waals surface area (Å²) >= 11 is 0. The van der Waals surface area contributed by atoms with Gasteiger partial charge in [-0.05, 0) is 19.8 Å². The largest absolute Gasteiger partial charge is 0.339 e. The average molecular weight is 285 g/mol. The summed E-state index contributed by atoms with van der Waals surface area (Å²) in [6.07, 6.45) is 5.79. The van der Waals surface area contributed by atoms with Gasteiger partial charge in [0, 0.05) is 32.3 Å². The number of ketones is 1. The monoisotopic (exact) mass is 285 g/mol. The molecule has 0 N–H and O–H groups in total. The number of aromatic nitrogens is 2. The van der Waals surface area contributed by atoms with Crippen molar-refractivity contribution in [3.63, 3.8) is 0 Å². The molecule has 1 saturated heterocycles. The molecule has 6 nitrogen and oxygen atoms in total. The van der Waals surface area contributed by atoms with Crippen LogP contribution in [0.15, 0.2) is 17.6 Å². The highest BCUT2D eigenvalue weighted by Crippen LogP contribution is 2.26. The van der Waals surface area contributed by atoms with Gasteiger partial charge in [0.1, 0.15) is 5.78 Å². The van der Waals surface area contributed by atoms with Gasteiger partial charge in [0.05, 0.1) is 6.33 Å². The van der Waals surface area contributed by atoms with Crippen molar-refractivity contribution in [1.82, 2.24) is 13.9 Å². The molecule has 7 heteroatoms. The molecular formula is C12H19N3O3S. The fourth-order valence-electron chi connectivity index (χ4n) is 2.47. The van der Waals surface area contributed by atoms with Gasteiger partial charge in [0.2, 0.25) is 0 Å². The lowest BCUT2D eigenvalue weighted by Gasteiger charge is -2.33. The van der Waals surface area contributed by atoms with Crippen molar-refractivity contribution >= 4 is 15.8 Å². The second-order valence-electron chi connectivity index (χ2n) is 5.05. The summed E-state index contributed by atoms with van der Waals surface area (Å²) in [5, 5.41) is 0.0606. The lowest BCUT2D eigenvalue weighted by Crippen LogP contribution is -2.44. The Kier molecular flexibility index (Phi) is 4.05. The number of nitrogens with zero attached hydrogens (tertiary/aromatic N) is 3. The predicted molar refractivity (Wildman–Crippen MR) is 70.0 cm³/mol. The van der Waals surface area contributed by atoms with E-state index in [1.54, 1.807) is 11.6 Å². The molecule has 0 amide bonds. The van der Waals surface area contributed by atoms with Gasteiger partial charge in [-0.15, -0.1) is 0 Å². The van der Waals surface area contributed by atoms with E-state index in [9.17, 15) is 13.2 Å². The normalized spacial score (nSPS) is 21.5. The zero-order valence-electron chi connectivity index (χ0n) is 11.2. The molecule has 1 aliphatic heterocycles. The Morgan fingerprint density at radius 3 is 2.79 bits per heavy atom. The Balaban J connectivity index is 2.28.